The van der Waals surface area contributed by atoms with Crippen molar-refractivity contribution in [1.29, 1.82) is 0 Å². The largest absolute Gasteiger partial charge is 0.487 e. The van der Waals surface area contributed by atoms with Crippen LogP contribution in [0.4, 0.5) is 0 Å². The third-order valence-electron chi connectivity index (χ3n) is 6.25. The van der Waals surface area contributed by atoms with Gasteiger partial charge in [0.05, 0.1) is 6.42 Å². The average Bonchev–Trinajstić information content (AvgIpc) is 3.51. The molecule has 4 rings (SSSR count). The van der Waals surface area contributed by atoms with E-state index in [9.17, 15) is 4.79 Å². The van der Waals surface area contributed by atoms with Gasteiger partial charge in [0.25, 0.3) is 0 Å². The molecular formula is C28H33NO3. The molecule has 1 fully saturated rings. The number of hydrogen-bond acceptors (Lipinski definition) is 3. The smallest absolute Gasteiger partial charge is 0.307 e. The molecule has 2 aromatic carbocycles. The Morgan fingerprint density at radius 2 is 1.78 bits per heavy atom. The lowest BCUT2D eigenvalue weighted by atomic mass is 9.72. The van der Waals surface area contributed by atoms with Gasteiger partial charge in [0.2, 0.25) is 0 Å². The Labute approximate surface area is 191 Å². The first-order valence-corrected chi connectivity index (χ1v) is 11.5. The minimum absolute atomic E-state index is 0.00149. The molecule has 4 heteroatoms. The maximum absolute atomic E-state index is 10.9. The van der Waals surface area contributed by atoms with Crippen LogP contribution in [0.3, 0.4) is 0 Å². The van der Waals surface area contributed by atoms with Gasteiger partial charge in [-0.15, -0.1) is 0 Å². The fourth-order valence-corrected chi connectivity index (χ4v) is 4.75. The van der Waals surface area contributed by atoms with Crippen LogP contribution in [-0.4, -0.2) is 23.2 Å². The summed E-state index contributed by atoms with van der Waals surface area (Å²) in [7, 11) is 0. The van der Waals surface area contributed by atoms with E-state index in [4.69, 9.17) is 9.84 Å². The van der Waals surface area contributed by atoms with Crippen LogP contribution < -0.4 is 10.1 Å². The van der Waals surface area contributed by atoms with Crippen molar-refractivity contribution >= 4 is 5.97 Å². The molecule has 0 atom stereocenters. The van der Waals surface area contributed by atoms with Gasteiger partial charge in [0.15, 0.2) is 0 Å². The van der Waals surface area contributed by atoms with Crippen molar-refractivity contribution in [3.8, 4) is 17.6 Å². The van der Waals surface area contributed by atoms with Crippen molar-refractivity contribution in [3.05, 3.63) is 64.2 Å². The highest BCUT2D eigenvalue weighted by Crippen LogP contribution is 2.46. The summed E-state index contributed by atoms with van der Waals surface area (Å²) in [5.74, 6) is 7.59. The van der Waals surface area contributed by atoms with E-state index in [1.165, 1.54) is 24.0 Å². The maximum Gasteiger partial charge on any atom is 0.307 e. The van der Waals surface area contributed by atoms with E-state index in [1.807, 2.05) is 24.3 Å². The number of aliphatic carboxylic acids is 1. The topological polar surface area (TPSA) is 58.6 Å². The van der Waals surface area contributed by atoms with Gasteiger partial charge in [0.1, 0.15) is 11.4 Å². The second-order valence-corrected chi connectivity index (χ2v) is 10.5. The number of fused-ring (bicyclic) bond motifs is 1. The molecule has 2 aromatic rings. The van der Waals surface area contributed by atoms with Crippen LogP contribution in [0, 0.1) is 17.8 Å². The van der Waals surface area contributed by atoms with E-state index >= 15 is 0 Å². The van der Waals surface area contributed by atoms with Gasteiger partial charge < -0.3 is 15.2 Å². The fourth-order valence-electron chi connectivity index (χ4n) is 4.75. The molecule has 1 aliphatic carbocycles. The summed E-state index contributed by atoms with van der Waals surface area (Å²) in [5, 5.41) is 12.6. The number of carboxylic acids is 1. The standard InChI is InChI=1S/C28H33NO3/c1-27(2)18-28(3,4)32-26-23(17-29-16-21-10-11-21)13-22(14-24(26)27)12-7-19-5-8-20(9-6-19)15-25(30)31/h5-6,8-9,13-14,21,29H,10-11,15-18H2,1-4H3,(H,30,31). The molecule has 0 radical (unpaired) electrons. The molecule has 4 nitrogen and oxygen atoms in total. The highest BCUT2D eigenvalue weighted by molar-refractivity contribution is 5.70. The lowest BCUT2D eigenvalue weighted by molar-refractivity contribution is -0.136. The first-order chi connectivity index (χ1) is 15.1. The molecule has 1 heterocycles. The molecule has 0 aromatic heterocycles. The summed E-state index contributed by atoms with van der Waals surface area (Å²) >= 11 is 0. The third-order valence-corrected chi connectivity index (χ3v) is 6.25. The fraction of sp³-hybridized carbons (Fsp3) is 0.464. The quantitative estimate of drug-likeness (QED) is 0.628. The van der Waals surface area contributed by atoms with Gasteiger partial charge in [-0.2, -0.15) is 0 Å². The lowest BCUT2D eigenvalue weighted by Crippen LogP contribution is -2.42. The molecule has 1 aliphatic heterocycles. The molecule has 0 unspecified atom stereocenters. The summed E-state index contributed by atoms with van der Waals surface area (Å²) in [4.78, 5) is 10.9. The van der Waals surface area contributed by atoms with Gasteiger partial charge in [0, 0.05) is 28.8 Å². The highest BCUT2D eigenvalue weighted by atomic mass is 16.5. The van der Waals surface area contributed by atoms with E-state index in [0.29, 0.717) is 0 Å². The van der Waals surface area contributed by atoms with Crippen molar-refractivity contribution in [2.75, 3.05) is 6.54 Å². The zero-order valence-electron chi connectivity index (χ0n) is 19.5. The van der Waals surface area contributed by atoms with Crippen molar-refractivity contribution in [1.82, 2.24) is 5.32 Å². The number of benzene rings is 2. The number of nitrogens with one attached hydrogen (secondary N) is 1. The van der Waals surface area contributed by atoms with Crippen molar-refractivity contribution in [2.45, 2.75) is 70.9 Å². The van der Waals surface area contributed by atoms with E-state index < -0.39 is 5.97 Å². The van der Waals surface area contributed by atoms with Crippen molar-refractivity contribution in [2.24, 2.45) is 5.92 Å². The third kappa shape index (κ3) is 5.53. The Morgan fingerprint density at radius 3 is 2.44 bits per heavy atom. The minimum atomic E-state index is -0.825. The normalized spacial score (nSPS) is 18.1. The maximum atomic E-state index is 10.9. The van der Waals surface area contributed by atoms with E-state index in [-0.39, 0.29) is 17.4 Å². The summed E-state index contributed by atoms with van der Waals surface area (Å²) in [6.07, 6.45) is 3.64. The van der Waals surface area contributed by atoms with Crippen LogP contribution in [0.15, 0.2) is 36.4 Å². The average molecular weight is 432 g/mol. The second kappa shape index (κ2) is 8.64. The van der Waals surface area contributed by atoms with Gasteiger partial charge in [-0.3, -0.25) is 4.79 Å². The van der Waals surface area contributed by atoms with Crippen LogP contribution in [0.2, 0.25) is 0 Å². The van der Waals surface area contributed by atoms with Crippen LogP contribution in [0.5, 0.6) is 5.75 Å². The van der Waals surface area contributed by atoms with Crippen LogP contribution >= 0.6 is 0 Å². The Balaban J connectivity index is 1.64. The first kappa shape index (κ1) is 22.4. The highest BCUT2D eigenvalue weighted by Gasteiger charge is 2.40. The van der Waals surface area contributed by atoms with E-state index in [1.54, 1.807) is 0 Å². The van der Waals surface area contributed by atoms with Crippen molar-refractivity contribution in [3.63, 3.8) is 0 Å². The van der Waals surface area contributed by atoms with Gasteiger partial charge in [-0.1, -0.05) is 37.8 Å². The summed E-state index contributed by atoms with van der Waals surface area (Å²) in [6.45, 7) is 10.7. The zero-order valence-corrected chi connectivity index (χ0v) is 19.5. The number of carbonyl (C=O) groups is 1. The zero-order chi connectivity index (χ0) is 22.9. The lowest BCUT2D eigenvalue weighted by Gasteiger charge is -2.43. The minimum Gasteiger partial charge on any atom is -0.487 e. The van der Waals surface area contributed by atoms with Crippen LogP contribution in [-0.2, 0) is 23.2 Å². The van der Waals surface area contributed by atoms with Gasteiger partial charge in [-0.05, 0) is 80.8 Å². The predicted octanol–water partition coefficient (Wildman–Crippen LogP) is 5.05. The monoisotopic (exact) mass is 431 g/mol. The molecule has 1 saturated carbocycles. The SMILES string of the molecule is CC1(C)CC(C)(C)c2cc(C#Cc3ccc(CC(=O)O)cc3)cc(CNCC3CC3)c2O1. The number of hydrogen-bond donors (Lipinski definition) is 2. The summed E-state index contributed by atoms with van der Waals surface area (Å²) in [6, 6.07) is 11.8. The van der Waals surface area contributed by atoms with E-state index in [0.717, 1.165) is 47.9 Å². The van der Waals surface area contributed by atoms with Crippen molar-refractivity contribution < 1.29 is 14.6 Å². The Bertz CT molecular complexity index is 1070. The molecule has 0 bridgehead atoms. The molecule has 2 aliphatic rings. The molecule has 168 valence electrons. The van der Waals surface area contributed by atoms with Gasteiger partial charge >= 0.3 is 5.97 Å². The van der Waals surface area contributed by atoms with Crippen LogP contribution in [0.1, 0.15) is 74.8 Å². The van der Waals surface area contributed by atoms with Gasteiger partial charge in [-0.25, -0.2) is 0 Å². The first-order valence-electron chi connectivity index (χ1n) is 11.5. The number of ether oxygens (including phenoxy) is 1. The predicted molar refractivity (Wildman–Crippen MR) is 127 cm³/mol. The summed E-state index contributed by atoms with van der Waals surface area (Å²) < 4.78 is 6.49. The van der Waals surface area contributed by atoms with E-state index in [2.05, 4.69) is 57.0 Å². The molecular weight excluding hydrogens is 398 g/mol. The molecule has 0 amide bonds. The molecule has 32 heavy (non-hydrogen) atoms. The Hall–Kier alpha value is -2.77. The number of carboxylic acid groups (broad SMARTS) is 1. The Kier molecular flexibility index (Phi) is 6.05. The molecule has 0 spiro atoms. The summed E-state index contributed by atoms with van der Waals surface area (Å²) in [5.41, 5.74) is 4.83. The molecule has 2 N–H and O–H groups in total. The van der Waals surface area contributed by atoms with Crippen LogP contribution in [0.25, 0.3) is 0 Å². The molecule has 0 saturated heterocycles. The Morgan fingerprint density at radius 1 is 1.09 bits per heavy atom. The second-order valence-electron chi connectivity index (χ2n) is 10.5. The number of rotatable bonds is 6.